The van der Waals surface area contributed by atoms with Crippen molar-refractivity contribution in [1.82, 2.24) is 14.6 Å². The summed E-state index contributed by atoms with van der Waals surface area (Å²) in [4.78, 5) is 4.28. The lowest BCUT2D eigenvalue weighted by Crippen LogP contribution is -2.22. The van der Waals surface area contributed by atoms with Gasteiger partial charge >= 0.3 is 0 Å². The third kappa shape index (κ3) is 2.24. The van der Waals surface area contributed by atoms with E-state index >= 15 is 0 Å². The van der Waals surface area contributed by atoms with Crippen LogP contribution in [0.15, 0.2) is 18.3 Å². The lowest BCUT2D eigenvalue weighted by atomic mass is 10.1. The zero-order valence-corrected chi connectivity index (χ0v) is 8.81. The van der Waals surface area contributed by atoms with Gasteiger partial charge in [-0.3, -0.25) is 0 Å². The highest BCUT2D eigenvalue weighted by molar-refractivity contribution is 5.46. The van der Waals surface area contributed by atoms with Crippen LogP contribution in [0.1, 0.15) is 19.7 Å². The van der Waals surface area contributed by atoms with Crippen molar-refractivity contribution < 1.29 is 5.11 Å². The maximum Gasteiger partial charge on any atom is 0.155 e. The van der Waals surface area contributed by atoms with Crippen LogP contribution in [0.3, 0.4) is 0 Å². The predicted molar refractivity (Wildman–Crippen MR) is 57.4 cm³/mol. The Labute approximate surface area is 87.6 Å². The second-order valence-electron chi connectivity index (χ2n) is 4.28. The van der Waals surface area contributed by atoms with Gasteiger partial charge in [0.15, 0.2) is 11.5 Å². The molecule has 0 aliphatic heterocycles. The van der Waals surface area contributed by atoms with Gasteiger partial charge in [0.05, 0.1) is 17.5 Å². The Bertz CT molecular complexity index is 484. The first-order valence-electron chi connectivity index (χ1n) is 4.77. The zero-order valence-electron chi connectivity index (χ0n) is 8.81. The summed E-state index contributed by atoms with van der Waals surface area (Å²) in [5, 5.41) is 13.9. The number of nitrogen functional groups attached to an aromatic ring is 1. The Morgan fingerprint density at radius 1 is 1.47 bits per heavy atom. The van der Waals surface area contributed by atoms with Gasteiger partial charge in [0.2, 0.25) is 0 Å². The lowest BCUT2D eigenvalue weighted by Gasteiger charge is -2.13. The molecule has 0 unspecified atom stereocenters. The molecule has 3 N–H and O–H groups in total. The van der Waals surface area contributed by atoms with Gasteiger partial charge in [-0.2, -0.15) is 5.10 Å². The molecule has 2 rings (SSSR count). The molecule has 0 bridgehead atoms. The van der Waals surface area contributed by atoms with Gasteiger partial charge in [-0.15, -0.1) is 0 Å². The van der Waals surface area contributed by atoms with Crippen LogP contribution in [0, 0.1) is 0 Å². The third-order valence-electron chi connectivity index (χ3n) is 1.99. The number of aromatic nitrogens is 3. The van der Waals surface area contributed by atoms with Crippen molar-refractivity contribution in [2.75, 3.05) is 5.73 Å². The summed E-state index contributed by atoms with van der Waals surface area (Å²) < 4.78 is 1.62. The van der Waals surface area contributed by atoms with E-state index in [-0.39, 0.29) is 0 Å². The van der Waals surface area contributed by atoms with Crippen LogP contribution in [0.25, 0.3) is 5.65 Å². The number of aliphatic hydroxyl groups is 1. The minimum absolute atomic E-state index is 0.425. The molecule has 0 atom stereocenters. The average Bonchev–Trinajstić information content (AvgIpc) is 2.42. The molecule has 0 saturated heterocycles. The highest BCUT2D eigenvalue weighted by Crippen LogP contribution is 2.11. The molecule has 0 amide bonds. The molecular weight excluding hydrogens is 192 g/mol. The second-order valence-corrected chi connectivity index (χ2v) is 4.28. The molecule has 0 spiro atoms. The molecule has 15 heavy (non-hydrogen) atoms. The number of anilines is 1. The van der Waals surface area contributed by atoms with Crippen molar-refractivity contribution in [3.8, 4) is 0 Å². The minimum Gasteiger partial charge on any atom is -0.397 e. The van der Waals surface area contributed by atoms with Crippen molar-refractivity contribution in [2.45, 2.75) is 25.9 Å². The van der Waals surface area contributed by atoms with Crippen LogP contribution in [-0.4, -0.2) is 25.3 Å². The number of nitrogens with two attached hydrogens (primary N) is 1. The summed E-state index contributed by atoms with van der Waals surface area (Å²) >= 11 is 0. The van der Waals surface area contributed by atoms with Crippen molar-refractivity contribution in [2.24, 2.45) is 0 Å². The van der Waals surface area contributed by atoms with E-state index in [1.54, 1.807) is 36.7 Å². The monoisotopic (exact) mass is 206 g/mol. The third-order valence-corrected chi connectivity index (χ3v) is 1.99. The fourth-order valence-electron chi connectivity index (χ4n) is 1.41. The van der Waals surface area contributed by atoms with E-state index in [1.807, 2.05) is 0 Å². The van der Waals surface area contributed by atoms with E-state index in [2.05, 4.69) is 10.1 Å². The van der Waals surface area contributed by atoms with Gasteiger partial charge in [-0.1, -0.05) is 0 Å². The molecule has 2 heterocycles. The van der Waals surface area contributed by atoms with Gasteiger partial charge < -0.3 is 10.8 Å². The Hall–Kier alpha value is -1.62. The number of rotatable bonds is 2. The predicted octanol–water partition coefficient (Wildman–Crippen LogP) is 0.625. The van der Waals surface area contributed by atoms with Crippen LogP contribution in [-0.2, 0) is 6.42 Å². The maximum atomic E-state index is 9.64. The fraction of sp³-hybridized carbons (Fsp3) is 0.400. The molecule has 0 aliphatic carbocycles. The lowest BCUT2D eigenvalue weighted by molar-refractivity contribution is 0.0789. The summed E-state index contributed by atoms with van der Waals surface area (Å²) in [5.41, 5.74) is 6.21. The Morgan fingerprint density at radius 2 is 2.20 bits per heavy atom. The van der Waals surface area contributed by atoms with Crippen LogP contribution in [0.2, 0.25) is 0 Å². The second kappa shape index (κ2) is 3.20. The van der Waals surface area contributed by atoms with E-state index < -0.39 is 5.60 Å². The number of hydrogen-bond acceptors (Lipinski definition) is 4. The number of nitrogens with zero attached hydrogens (tertiary/aromatic N) is 3. The quantitative estimate of drug-likeness (QED) is 0.755. The Morgan fingerprint density at radius 3 is 2.87 bits per heavy atom. The summed E-state index contributed by atoms with van der Waals surface area (Å²) in [5.74, 6) is 0.619. The number of fused-ring (bicyclic) bond motifs is 1. The molecule has 2 aromatic heterocycles. The normalized spacial score (nSPS) is 12.2. The Balaban J connectivity index is 2.39. The molecule has 0 fully saturated rings. The molecule has 5 nitrogen and oxygen atoms in total. The van der Waals surface area contributed by atoms with Crippen LogP contribution >= 0.6 is 0 Å². The van der Waals surface area contributed by atoms with Crippen molar-refractivity contribution >= 4 is 11.3 Å². The molecule has 0 radical (unpaired) electrons. The summed E-state index contributed by atoms with van der Waals surface area (Å²) in [6, 6.07) is 3.58. The topological polar surface area (TPSA) is 76.4 Å². The first kappa shape index (κ1) is 9.92. The SMILES string of the molecule is CC(C)(O)Cc1nc2ccc(N)cn2n1. The Kier molecular flexibility index (Phi) is 2.12. The number of hydrogen-bond donors (Lipinski definition) is 2. The highest BCUT2D eigenvalue weighted by Gasteiger charge is 2.16. The molecule has 5 heteroatoms. The molecule has 0 aromatic carbocycles. The van der Waals surface area contributed by atoms with Crippen molar-refractivity contribution in [3.63, 3.8) is 0 Å². The molecule has 2 aromatic rings. The van der Waals surface area contributed by atoms with Gasteiger partial charge in [0, 0.05) is 6.42 Å². The van der Waals surface area contributed by atoms with Crippen LogP contribution in [0.5, 0.6) is 0 Å². The van der Waals surface area contributed by atoms with Gasteiger partial charge in [-0.25, -0.2) is 9.50 Å². The highest BCUT2D eigenvalue weighted by atomic mass is 16.3. The van der Waals surface area contributed by atoms with Gasteiger partial charge in [0.25, 0.3) is 0 Å². The first-order chi connectivity index (χ1) is 6.94. The maximum absolute atomic E-state index is 9.64. The van der Waals surface area contributed by atoms with Crippen molar-refractivity contribution in [1.29, 1.82) is 0 Å². The molecular formula is C10H14N4O. The van der Waals surface area contributed by atoms with Crippen LogP contribution < -0.4 is 5.73 Å². The first-order valence-corrected chi connectivity index (χ1v) is 4.77. The standard InChI is InChI=1S/C10H14N4O/c1-10(2,15)5-8-12-9-4-3-7(11)6-14(9)13-8/h3-4,6,15H,5,11H2,1-2H3. The minimum atomic E-state index is -0.795. The van der Waals surface area contributed by atoms with E-state index in [1.165, 1.54) is 0 Å². The van der Waals surface area contributed by atoms with E-state index in [0.29, 0.717) is 17.9 Å². The van der Waals surface area contributed by atoms with Gasteiger partial charge in [-0.05, 0) is 26.0 Å². The number of pyridine rings is 1. The van der Waals surface area contributed by atoms with E-state index in [9.17, 15) is 5.11 Å². The molecule has 0 aliphatic rings. The molecule has 0 saturated carbocycles. The largest absolute Gasteiger partial charge is 0.397 e. The van der Waals surface area contributed by atoms with E-state index in [0.717, 1.165) is 5.65 Å². The van der Waals surface area contributed by atoms with E-state index in [4.69, 9.17) is 5.73 Å². The van der Waals surface area contributed by atoms with Crippen molar-refractivity contribution in [3.05, 3.63) is 24.2 Å². The summed E-state index contributed by atoms with van der Waals surface area (Å²) in [7, 11) is 0. The summed E-state index contributed by atoms with van der Waals surface area (Å²) in [6.07, 6.45) is 2.13. The summed E-state index contributed by atoms with van der Waals surface area (Å²) in [6.45, 7) is 3.46. The fourth-order valence-corrected chi connectivity index (χ4v) is 1.41. The van der Waals surface area contributed by atoms with Crippen LogP contribution in [0.4, 0.5) is 5.69 Å². The van der Waals surface area contributed by atoms with Gasteiger partial charge in [0.1, 0.15) is 0 Å². The smallest absolute Gasteiger partial charge is 0.155 e. The molecule has 80 valence electrons. The zero-order chi connectivity index (χ0) is 11.1. The average molecular weight is 206 g/mol.